The van der Waals surface area contributed by atoms with Crippen molar-refractivity contribution in [1.82, 2.24) is 9.88 Å². The van der Waals surface area contributed by atoms with Gasteiger partial charge in [-0.3, -0.25) is 4.90 Å². The van der Waals surface area contributed by atoms with Crippen LogP contribution in [0.25, 0.3) is 10.9 Å². The molecule has 2 aromatic carbocycles. The van der Waals surface area contributed by atoms with Crippen LogP contribution in [-0.2, 0) is 19.4 Å². The van der Waals surface area contributed by atoms with Crippen LogP contribution in [0.4, 0.5) is 0 Å². The molecule has 25 heavy (non-hydrogen) atoms. The van der Waals surface area contributed by atoms with E-state index in [1.54, 1.807) is 0 Å². The quantitative estimate of drug-likeness (QED) is 0.677. The summed E-state index contributed by atoms with van der Waals surface area (Å²) >= 11 is 0. The third-order valence-corrected chi connectivity index (χ3v) is 6.12. The van der Waals surface area contributed by atoms with Crippen LogP contribution in [0.2, 0.25) is 0 Å². The molecule has 126 valence electrons. The van der Waals surface area contributed by atoms with E-state index in [1.165, 1.54) is 33.3 Å². The van der Waals surface area contributed by atoms with Gasteiger partial charge in [0.1, 0.15) is 0 Å². The molecule has 0 aliphatic carbocycles. The molecule has 0 fully saturated rings. The molecule has 0 radical (unpaired) electrons. The molecule has 0 spiro atoms. The van der Waals surface area contributed by atoms with Crippen LogP contribution < -0.4 is 9.47 Å². The van der Waals surface area contributed by atoms with Gasteiger partial charge in [0.2, 0.25) is 6.79 Å². The molecule has 4 heteroatoms. The molecule has 4 nitrogen and oxygen atoms in total. The molecule has 3 aliphatic heterocycles. The zero-order valence-electron chi connectivity index (χ0n) is 14.2. The minimum Gasteiger partial charge on any atom is -0.454 e. The maximum atomic E-state index is 5.65. The Bertz CT molecular complexity index is 1010. The second kappa shape index (κ2) is 4.79. The van der Waals surface area contributed by atoms with Crippen LogP contribution in [0.1, 0.15) is 35.3 Å². The maximum absolute atomic E-state index is 5.65. The molecule has 0 saturated carbocycles. The van der Waals surface area contributed by atoms with Gasteiger partial charge >= 0.3 is 0 Å². The number of benzene rings is 2. The van der Waals surface area contributed by atoms with Gasteiger partial charge in [-0.2, -0.15) is 0 Å². The first-order chi connectivity index (χ1) is 12.3. The molecule has 3 aromatic rings. The summed E-state index contributed by atoms with van der Waals surface area (Å²) in [5.41, 5.74) is 6.95. The number of fused-ring (bicyclic) bond motifs is 7. The fraction of sp³-hybridized carbons (Fsp3) is 0.333. The summed E-state index contributed by atoms with van der Waals surface area (Å²) < 4.78 is 11.2. The van der Waals surface area contributed by atoms with Gasteiger partial charge in [-0.15, -0.1) is 0 Å². The first kappa shape index (κ1) is 13.8. The number of para-hydroxylation sites is 1. The van der Waals surface area contributed by atoms with E-state index in [0.717, 1.165) is 30.9 Å². The van der Waals surface area contributed by atoms with Crippen LogP contribution in [0.3, 0.4) is 0 Å². The molecule has 2 atom stereocenters. The van der Waals surface area contributed by atoms with Crippen molar-refractivity contribution in [3.8, 4) is 11.5 Å². The van der Waals surface area contributed by atoms with Gasteiger partial charge in [0.15, 0.2) is 11.5 Å². The van der Waals surface area contributed by atoms with Gasteiger partial charge in [-0.05, 0) is 54.7 Å². The van der Waals surface area contributed by atoms with Crippen LogP contribution in [0.15, 0.2) is 36.4 Å². The second-order valence-corrected chi connectivity index (χ2v) is 7.48. The zero-order chi connectivity index (χ0) is 16.5. The second-order valence-electron chi connectivity index (χ2n) is 7.48. The highest BCUT2D eigenvalue weighted by Gasteiger charge is 2.38. The molecular weight excluding hydrogens is 312 g/mol. The topological polar surface area (TPSA) is 37.5 Å². The lowest BCUT2D eigenvalue weighted by Crippen LogP contribution is -2.44. The van der Waals surface area contributed by atoms with Crippen molar-refractivity contribution in [1.29, 1.82) is 0 Å². The Labute approximate surface area is 146 Å². The predicted octanol–water partition coefficient (Wildman–Crippen LogP) is 3.94. The Balaban J connectivity index is 1.51. The third-order valence-electron chi connectivity index (χ3n) is 6.12. The van der Waals surface area contributed by atoms with Crippen LogP contribution in [0, 0.1) is 0 Å². The Kier molecular flexibility index (Phi) is 2.64. The van der Waals surface area contributed by atoms with Crippen LogP contribution in [-0.4, -0.2) is 22.7 Å². The normalized spacial score (nSPS) is 24.0. The standard InChI is InChI=1S/C21H20N2O2/c1-12-6-13-7-20-21(25-11-24-20)9-15(13)19-8-16-14-4-2-3-5-17(14)22-18(16)10-23(12)19/h2-5,7,9,12,19,22H,6,8,10-11H2,1H3/t12-,19?/m0/s1. The zero-order valence-corrected chi connectivity index (χ0v) is 14.2. The fourth-order valence-corrected chi connectivity index (χ4v) is 4.90. The van der Waals surface area contributed by atoms with E-state index in [-0.39, 0.29) is 0 Å². The Hall–Kier alpha value is -2.46. The number of hydrogen-bond acceptors (Lipinski definition) is 3. The van der Waals surface area contributed by atoms with Gasteiger partial charge in [-0.1, -0.05) is 18.2 Å². The highest BCUT2D eigenvalue weighted by molar-refractivity contribution is 5.85. The van der Waals surface area contributed by atoms with Crippen molar-refractivity contribution >= 4 is 10.9 Å². The maximum Gasteiger partial charge on any atom is 0.231 e. The summed E-state index contributed by atoms with van der Waals surface area (Å²) in [4.78, 5) is 6.29. The molecule has 4 heterocycles. The number of H-pyrrole nitrogens is 1. The van der Waals surface area contributed by atoms with E-state index >= 15 is 0 Å². The van der Waals surface area contributed by atoms with E-state index < -0.39 is 0 Å². The van der Waals surface area contributed by atoms with E-state index in [1.807, 2.05) is 0 Å². The SMILES string of the molecule is C[C@H]1Cc2cc3c(cc2C2Cc4c([nH]c5ccccc45)CN21)OCO3. The number of rotatable bonds is 0. The number of ether oxygens (including phenoxy) is 2. The predicted molar refractivity (Wildman–Crippen MR) is 96.0 cm³/mol. The van der Waals surface area contributed by atoms with Crippen molar-refractivity contribution < 1.29 is 9.47 Å². The summed E-state index contributed by atoms with van der Waals surface area (Å²) in [5.74, 6) is 1.81. The highest BCUT2D eigenvalue weighted by atomic mass is 16.7. The first-order valence-electron chi connectivity index (χ1n) is 9.04. The van der Waals surface area contributed by atoms with Gasteiger partial charge in [0.25, 0.3) is 0 Å². The summed E-state index contributed by atoms with van der Waals surface area (Å²) in [6.45, 7) is 3.67. The average molecular weight is 332 g/mol. The summed E-state index contributed by atoms with van der Waals surface area (Å²) in [6, 6.07) is 14.0. The molecule has 6 rings (SSSR count). The fourth-order valence-electron chi connectivity index (χ4n) is 4.90. The monoisotopic (exact) mass is 332 g/mol. The summed E-state index contributed by atoms with van der Waals surface area (Å²) in [7, 11) is 0. The van der Waals surface area contributed by atoms with E-state index in [2.05, 4.69) is 53.2 Å². The number of hydrogen-bond donors (Lipinski definition) is 1. The Morgan fingerprint density at radius 2 is 1.92 bits per heavy atom. The molecular formula is C21H20N2O2. The van der Waals surface area contributed by atoms with Gasteiger partial charge < -0.3 is 14.5 Å². The van der Waals surface area contributed by atoms with Crippen molar-refractivity contribution in [2.24, 2.45) is 0 Å². The number of nitrogens with zero attached hydrogens (tertiary/aromatic N) is 1. The summed E-state index contributed by atoms with van der Waals surface area (Å²) in [5, 5.41) is 1.37. The van der Waals surface area contributed by atoms with E-state index in [9.17, 15) is 0 Å². The number of nitrogens with one attached hydrogen (secondary N) is 1. The lowest BCUT2D eigenvalue weighted by Gasteiger charge is -2.44. The van der Waals surface area contributed by atoms with Gasteiger partial charge in [-0.25, -0.2) is 0 Å². The molecule has 1 unspecified atom stereocenters. The minimum absolute atomic E-state index is 0.342. The van der Waals surface area contributed by atoms with Crippen LogP contribution >= 0.6 is 0 Å². The largest absolute Gasteiger partial charge is 0.454 e. The van der Waals surface area contributed by atoms with Crippen molar-refractivity contribution in [3.05, 3.63) is 58.8 Å². The Morgan fingerprint density at radius 1 is 1.08 bits per heavy atom. The summed E-state index contributed by atoms with van der Waals surface area (Å²) in [6.07, 6.45) is 2.12. The van der Waals surface area contributed by atoms with E-state index in [4.69, 9.17) is 9.47 Å². The first-order valence-corrected chi connectivity index (χ1v) is 9.04. The highest BCUT2D eigenvalue weighted by Crippen LogP contribution is 2.46. The third kappa shape index (κ3) is 1.86. The van der Waals surface area contributed by atoms with Gasteiger partial charge in [0, 0.05) is 35.2 Å². The van der Waals surface area contributed by atoms with E-state index in [0.29, 0.717) is 18.9 Å². The average Bonchev–Trinajstić information content (AvgIpc) is 3.22. The molecule has 1 N–H and O–H groups in total. The molecule has 0 saturated heterocycles. The molecule has 0 amide bonds. The van der Waals surface area contributed by atoms with Crippen molar-refractivity contribution in [3.63, 3.8) is 0 Å². The molecule has 1 aromatic heterocycles. The molecule has 3 aliphatic rings. The number of aromatic nitrogens is 1. The van der Waals surface area contributed by atoms with Crippen LogP contribution in [0.5, 0.6) is 11.5 Å². The lowest BCUT2D eigenvalue weighted by molar-refractivity contribution is 0.105. The molecule has 0 bridgehead atoms. The van der Waals surface area contributed by atoms with Crippen molar-refractivity contribution in [2.45, 2.75) is 38.4 Å². The Morgan fingerprint density at radius 3 is 2.84 bits per heavy atom. The smallest absolute Gasteiger partial charge is 0.231 e. The lowest BCUT2D eigenvalue weighted by atomic mass is 9.82. The van der Waals surface area contributed by atoms with Crippen molar-refractivity contribution in [2.75, 3.05) is 6.79 Å². The number of aromatic amines is 1. The minimum atomic E-state index is 0.342. The van der Waals surface area contributed by atoms with Gasteiger partial charge in [0.05, 0.1) is 0 Å².